The van der Waals surface area contributed by atoms with E-state index in [2.05, 4.69) is 38.2 Å². The van der Waals surface area contributed by atoms with Crippen molar-refractivity contribution in [1.29, 1.82) is 0 Å². The average molecular weight is 559 g/mol. The minimum absolute atomic E-state index is 0.255. The molecule has 0 bridgehead atoms. The lowest BCUT2D eigenvalue weighted by Crippen LogP contribution is -2.47. The Hall–Kier alpha value is -1.58. The van der Waals surface area contributed by atoms with Gasteiger partial charge in [0.1, 0.15) is 0 Å². The van der Waals surface area contributed by atoms with Crippen LogP contribution in [0.5, 0.6) is 0 Å². The zero-order valence-electron chi connectivity index (χ0n) is 26.1. The predicted octanol–water partition coefficient (Wildman–Crippen LogP) is 10.8. The number of hydrogen-bond acceptors (Lipinski definition) is 2. The summed E-state index contributed by atoms with van der Waals surface area (Å²) < 4.78 is 0. The number of unbranched alkanes of at least 4 members (excludes halogenated alkanes) is 11. The van der Waals surface area contributed by atoms with E-state index in [0.29, 0.717) is 17.8 Å². The van der Waals surface area contributed by atoms with Gasteiger partial charge >= 0.3 is 11.9 Å². The molecule has 0 heterocycles. The average Bonchev–Trinajstić information content (AvgIpc) is 2.91. The molecule has 0 aromatic carbocycles. The molecule has 5 unspecified atom stereocenters. The fourth-order valence-corrected chi connectivity index (χ4v) is 7.70. The molecule has 230 valence electrons. The van der Waals surface area contributed by atoms with Gasteiger partial charge in [-0.1, -0.05) is 134 Å². The highest BCUT2D eigenvalue weighted by Crippen LogP contribution is 2.55. The summed E-state index contributed by atoms with van der Waals surface area (Å²) in [5.74, 6) is -0.153. The molecule has 1 spiro atoms. The highest BCUT2D eigenvalue weighted by Gasteiger charge is 2.51. The van der Waals surface area contributed by atoms with Crippen LogP contribution >= 0.6 is 0 Å². The molecule has 4 nitrogen and oxygen atoms in total. The summed E-state index contributed by atoms with van der Waals surface area (Å²) in [5.41, 5.74) is -0.255. The van der Waals surface area contributed by atoms with E-state index >= 15 is 0 Å². The van der Waals surface area contributed by atoms with Crippen LogP contribution in [-0.4, -0.2) is 22.2 Å². The largest absolute Gasteiger partial charge is 0.481 e. The molecule has 0 aliphatic heterocycles. The number of carboxylic acids is 2. The zero-order valence-corrected chi connectivity index (χ0v) is 26.1. The van der Waals surface area contributed by atoms with Crippen molar-refractivity contribution in [2.24, 2.45) is 29.1 Å². The van der Waals surface area contributed by atoms with Crippen molar-refractivity contribution in [2.45, 2.75) is 162 Å². The number of allylic oxidation sites excluding steroid dienone is 4. The Labute approximate surface area is 246 Å². The SMILES string of the molecule is CCCCCCC1C=CC2(CCCCCCC2C(=O)O)C(C=CCCCCCCCC(=O)O)C1CCCCCC. The number of carboxylic acid groups (broad SMARTS) is 2. The monoisotopic (exact) mass is 558 g/mol. The molecule has 4 heteroatoms. The van der Waals surface area contributed by atoms with Gasteiger partial charge in [-0.05, 0) is 62.7 Å². The molecule has 5 atom stereocenters. The first-order valence-electron chi connectivity index (χ1n) is 17.3. The molecule has 0 aromatic heterocycles. The van der Waals surface area contributed by atoms with Crippen molar-refractivity contribution < 1.29 is 19.8 Å². The first-order valence-corrected chi connectivity index (χ1v) is 17.3. The van der Waals surface area contributed by atoms with E-state index in [9.17, 15) is 14.7 Å². The van der Waals surface area contributed by atoms with Gasteiger partial charge < -0.3 is 10.2 Å². The molecule has 0 radical (unpaired) electrons. The number of rotatable bonds is 20. The van der Waals surface area contributed by atoms with Gasteiger partial charge in [0.25, 0.3) is 0 Å². The third-order valence-electron chi connectivity index (χ3n) is 9.97. The molecule has 40 heavy (non-hydrogen) atoms. The lowest BCUT2D eigenvalue weighted by molar-refractivity contribution is -0.148. The number of carbonyl (C=O) groups is 2. The fourth-order valence-electron chi connectivity index (χ4n) is 7.70. The van der Waals surface area contributed by atoms with E-state index in [1.807, 2.05) is 0 Å². The summed E-state index contributed by atoms with van der Waals surface area (Å²) in [4.78, 5) is 23.6. The smallest absolute Gasteiger partial charge is 0.307 e. The normalized spacial score (nSPS) is 27.1. The first kappa shape index (κ1) is 34.6. The van der Waals surface area contributed by atoms with Crippen LogP contribution in [0, 0.1) is 29.1 Å². The molecular weight excluding hydrogens is 496 g/mol. The van der Waals surface area contributed by atoms with E-state index in [-0.39, 0.29) is 17.8 Å². The molecule has 2 aliphatic rings. The summed E-state index contributed by atoms with van der Waals surface area (Å²) >= 11 is 0. The van der Waals surface area contributed by atoms with Crippen LogP contribution in [0.2, 0.25) is 0 Å². The van der Waals surface area contributed by atoms with Crippen molar-refractivity contribution >= 4 is 11.9 Å². The van der Waals surface area contributed by atoms with Crippen molar-refractivity contribution in [3.8, 4) is 0 Å². The van der Waals surface area contributed by atoms with Crippen LogP contribution in [0.15, 0.2) is 24.3 Å². The zero-order chi connectivity index (χ0) is 29.1. The topological polar surface area (TPSA) is 74.6 Å². The predicted molar refractivity (Wildman–Crippen MR) is 167 cm³/mol. The Kier molecular flexibility index (Phi) is 17.6. The van der Waals surface area contributed by atoms with Crippen molar-refractivity contribution in [1.82, 2.24) is 0 Å². The van der Waals surface area contributed by atoms with Gasteiger partial charge in [0.05, 0.1) is 5.92 Å². The van der Waals surface area contributed by atoms with E-state index in [0.717, 1.165) is 70.6 Å². The Morgan fingerprint density at radius 1 is 0.800 bits per heavy atom. The van der Waals surface area contributed by atoms with Crippen molar-refractivity contribution in [3.63, 3.8) is 0 Å². The standard InChI is InChI=1S/C36H62O4/c1-3-5-7-16-22-30-27-29-36(28-21-15-14-19-25-33(36)35(39)40)32(31(30)23-17-8-6-4-2)24-18-12-10-9-11-13-20-26-34(37)38/h18,24,27,29-33H,3-17,19-23,25-26,28H2,1-2H3,(H,37,38)(H,39,40). The minimum atomic E-state index is -0.694. The van der Waals surface area contributed by atoms with Gasteiger partial charge in [0.15, 0.2) is 0 Å². The molecule has 2 N–H and O–H groups in total. The van der Waals surface area contributed by atoms with E-state index < -0.39 is 11.9 Å². The maximum Gasteiger partial charge on any atom is 0.307 e. The second-order valence-corrected chi connectivity index (χ2v) is 13.0. The lowest BCUT2D eigenvalue weighted by atomic mass is 9.52. The van der Waals surface area contributed by atoms with Gasteiger partial charge in [0, 0.05) is 11.8 Å². The molecule has 0 saturated heterocycles. The summed E-state index contributed by atoms with van der Waals surface area (Å²) in [6.45, 7) is 4.55. The summed E-state index contributed by atoms with van der Waals surface area (Å²) in [6, 6.07) is 0. The molecule has 2 aliphatic carbocycles. The maximum absolute atomic E-state index is 12.8. The van der Waals surface area contributed by atoms with Gasteiger partial charge in [0.2, 0.25) is 0 Å². The highest BCUT2D eigenvalue weighted by molar-refractivity contribution is 5.72. The Bertz CT molecular complexity index is 756. The maximum atomic E-state index is 12.8. The highest BCUT2D eigenvalue weighted by atomic mass is 16.4. The number of aliphatic carboxylic acids is 2. The second kappa shape index (κ2) is 20.3. The van der Waals surface area contributed by atoms with Crippen LogP contribution in [0.3, 0.4) is 0 Å². The molecule has 0 amide bonds. The van der Waals surface area contributed by atoms with Gasteiger partial charge in [-0.3, -0.25) is 9.59 Å². The minimum Gasteiger partial charge on any atom is -0.481 e. The molecule has 1 saturated carbocycles. The molecule has 0 aromatic rings. The Morgan fingerprint density at radius 3 is 2.15 bits per heavy atom. The van der Waals surface area contributed by atoms with Gasteiger partial charge in [-0.15, -0.1) is 0 Å². The van der Waals surface area contributed by atoms with Crippen LogP contribution in [0.1, 0.15) is 162 Å². The Morgan fingerprint density at radius 2 is 1.45 bits per heavy atom. The van der Waals surface area contributed by atoms with E-state index in [1.165, 1.54) is 70.6 Å². The van der Waals surface area contributed by atoms with E-state index in [4.69, 9.17) is 5.11 Å². The first-order chi connectivity index (χ1) is 19.5. The third kappa shape index (κ3) is 11.7. The fraction of sp³-hybridized carbons (Fsp3) is 0.833. The van der Waals surface area contributed by atoms with Crippen LogP contribution < -0.4 is 0 Å². The van der Waals surface area contributed by atoms with Crippen molar-refractivity contribution in [3.05, 3.63) is 24.3 Å². The lowest BCUT2D eigenvalue weighted by Gasteiger charge is -2.51. The Balaban J connectivity index is 2.25. The summed E-state index contributed by atoms with van der Waals surface area (Å²) in [6.07, 6.45) is 35.3. The van der Waals surface area contributed by atoms with Crippen LogP contribution in [0.25, 0.3) is 0 Å². The summed E-state index contributed by atoms with van der Waals surface area (Å²) in [7, 11) is 0. The quantitative estimate of drug-likeness (QED) is 0.115. The van der Waals surface area contributed by atoms with E-state index in [1.54, 1.807) is 0 Å². The second-order valence-electron chi connectivity index (χ2n) is 13.0. The van der Waals surface area contributed by atoms with Crippen LogP contribution in [-0.2, 0) is 9.59 Å². The molecule has 2 rings (SSSR count). The van der Waals surface area contributed by atoms with Crippen LogP contribution in [0.4, 0.5) is 0 Å². The number of hydrogen-bond donors (Lipinski definition) is 2. The van der Waals surface area contributed by atoms with Gasteiger partial charge in [-0.25, -0.2) is 0 Å². The third-order valence-corrected chi connectivity index (χ3v) is 9.97. The molecular formula is C36H62O4. The van der Waals surface area contributed by atoms with Gasteiger partial charge in [-0.2, -0.15) is 0 Å². The van der Waals surface area contributed by atoms with Crippen molar-refractivity contribution in [2.75, 3.05) is 0 Å². The molecule has 1 fully saturated rings. The summed E-state index contributed by atoms with van der Waals surface area (Å²) in [5, 5.41) is 19.4.